The molecule has 2 heterocycles. The van der Waals surface area contributed by atoms with Gasteiger partial charge in [0, 0.05) is 23.8 Å². The van der Waals surface area contributed by atoms with Gasteiger partial charge in [0.05, 0.1) is 4.90 Å². The van der Waals surface area contributed by atoms with Crippen molar-refractivity contribution in [2.24, 2.45) is 4.40 Å². The van der Waals surface area contributed by atoms with Crippen LogP contribution in [-0.2, 0) is 24.8 Å². The number of carbonyl (C=O) groups excluding carboxylic acids is 1. The molecule has 3 aliphatic rings. The molecular weight excluding hydrogens is 452 g/mol. The van der Waals surface area contributed by atoms with E-state index in [1.807, 2.05) is 0 Å². The highest BCUT2D eigenvalue weighted by atomic mass is 32.2. The molecule has 11 heteroatoms. The first-order valence-electron chi connectivity index (χ1n) is 10.4. The van der Waals surface area contributed by atoms with E-state index in [1.165, 1.54) is 18.2 Å². The van der Waals surface area contributed by atoms with Gasteiger partial charge in [-0.3, -0.25) is 4.79 Å². The normalized spacial score (nSPS) is 21.8. The number of likely N-dealkylation sites (tertiary alicyclic amines) is 1. The molecule has 168 valence electrons. The Bertz CT molecular complexity index is 1330. The van der Waals surface area contributed by atoms with Crippen LogP contribution in [0.15, 0.2) is 62.7 Å². The number of nitrogens with zero attached hydrogens (tertiary/aromatic N) is 2. The third-order valence-corrected chi connectivity index (χ3v) is 8.59. The molecule has 2 aromatic carbocycles. The van der Waals surface area contributed by atoms with E-state index in [2.05, 4.69) is 14.4 Å². The number of amides is 1. The Morgan fingerprint density at radius 1 is 1.06 bits per heavy atom. The summed E-state index contributed by atoms with van der Waals surface area (Å²) in [5.41, 5.74) is 0.855. The number of benzene rings is 2. The molecule has 9 nitrogen and oxygen atoms in total. The first kappa shape index (κ1) is 21.1. The van der Waals surface area contributed by atoms with E-state index in [0.717, 1.165) is 12.8 Å². The van der Waals surface area contributed by atoms with E-state index in [0.29, 0.717) is 30.6 Å². The van der Waals surface area contributed by atoms with Crippen LogP contribution in [0.3, 0.4) is 0 Å². The molecule has 32 heavy (non-hydrogen) atoms. The zero-order valence-electron chi connectivity index (χ0n) is 17.1. The standard InChI is InChI=1S/C21H22N4O5S2/c26-21(22-15-5-3-6-16(13-15)31(27,28)23-14-10-11-14)18-8-4-12-25(18)20-17-7-1-2-9-19(17)32(29,30)24-20/h1-3,5-7,9,13-14,18,23H,4,8,10-12H2,(H,22,26)/t18-/m0/s1. The lowest BCUT2D eigenvalue weighted by Gasteiger charge is -2.25. The summed E-state index contributed by atoms with van der Waals surface area (Å²) in [4.78, 5) is 15.0. The number of fused-ring (bicyclic) bond motifs is 1. The second-order valence-corrected chi connectivity index (χ2v) is 11.4. The molecule has 1 saturated heterocycles. The molecule has 1 aliphatic carbocycles. The van der Waals surface area contributed by atoms with Gasteiger partial charge in [0.2, 0.25) is 15.9 Å². The van der Waals surface area contributed by atoms with Gasteiger partial charge in [0.1, 0.15) is 10.9 Å². The number of amidine groups is 1. The molecule has 2 aromatic rings. The van der Waals surface area contributed by atoms with Crippen LogP contribution < -0.4 is 10.0 Å². The Labute approximate surface area is 186 Å². The molecule has 0 unspecified atom stereocenters. The molecule has 1 amide bonds. The highest BCUT2D eigenvalue weighted by Crippen LogP contribution is 2.31. The summed E-state index contributed by atoms with van der Waals surface area (Å²) >= 11 is 0. The smallest absolute Gasteiger partial charge is 0.285 e. The Hall–Kier alpha value is -2.76. The largest absolute Gasteiger partial charge is 0.343 e. The highest BCUT2D eigenvalue weighted by Gasteiger charge is 2.39. The average Bonchev–Trinajstić information content (AvgIpc) is 3.33. The van der Waals surface area contributed by atoms with E-state index >= 15 is 0 Å². The van der Waals surface area contributed by atoms with Crippen LogP contribution in [0, 0.1) is 0 Å². The first-order valence-corrected chi connectivity index (χ1v) is 13.3. The number of carbonyl (C=O) groups is 1. The zero-order valence-corrected chi connectivity index (χ0v) is 18.7. The van der Waals surface area contributed by atoms with Crippen molar-refractivity contribution in [3.63, 3.8) is 0 Å². The number of sulfonamides is 2. The average molecular weight is 475 g/mol. The van der Waals surface area contributed by atoms with Crippen LogP contribution in [0.4, 0.5) is 5.69 Å². The molecule has 0 bridgehead atoms. The minimum absolute atomic E-state index is 0.0170. The molecule has 5 rings (SSSR count). The van der Waals surface area contributed by atoms with Crippen molar-refractivity contribution >= 4 is 37.5 Å². The summed E-state index contributed by atoms with van der Waals surface area (Å²) in [5, 5.41) is 2.79. The monoisotopic (exact) mass is 474 g/mol. The van der Waals surface area contributed by atoms with Crippen molar-refractivity contribution in [3.8, 4) is 0 Å². The van der Waals surface area contributed by atoms with E-state index in [1.54, 1.807) is 35.2 Å². The van der Waals surface area contributed by atoms with Crippen molar-refractivity contribution in [2.45, 2.75) is 47.6 Å². The number of anilines is 1. The number of hydrogen-bond donors (Lipinski definition) is 2. The minimum atomic E-state index is -3.79. The van der Waals surface area contributed by atoms with Gasteiger partial charge in [0.25, 0.3) is 10.0 Å². The fourth-order valence-corrected chi connectivity index (χ4v) is 6.61. The fourth-order valence-electron chi connectivity index (χ4n) is 4.04. The Balaban J connectivity index is 1.37. The summed E-state index contributed by atoms with van der Waals surface area (Å²) in [6.45, 7) is 0.500. The lowest BCUT2D eigenvalue weighted by molar-refractivity contribution is -0.119. The molecule has 2 N–H and O–H groups in total. The number of nitrogens with one attached hydrogen (secondary N) is 2. The van der Waals surface area contributed by atoms with Crippen molar-refractivity contribution in [2.75, 3.05) is 11.9 Å². The molecule has 0 spiro atoms. The van der Waals surface area contributed by atoms with E-state index in [9.17, 15) is 21.6 Å². The SMILES string of the molecule is O=C(Nc1cccc(S(=O)(=O)NC2CC2)c1)[C@@H]1CCCN1C1=NS(=O)(=O)c2ccccc21. The quantitative estimate of drug-likeness (QED) is 0.679. The summed E-state index contributed by atoms with van der Waals surface area (Å²) in [6, 6.07) is 12.1. The third-order valence-electron chi connectivity index (χ3n) is 5.75. The molecule has 0 aromatic heterocycles. The Morgan fingerprint density at radius 2 is 1.84 bits per heavy atom. The van der Waals surface area contributed by atoms with Crippen LogP contribution in [0.25, 0.3) is 0 Å². The van der Waals surface area contributed by atoms with Gasteiger partial charge in [-0.05, 0) is 56.0 Å². The van der Waals surface area contributed by atoms with Gasteiger partial charge in [-0.2, -0.15) is 8.42 Å². The number of hydrogen-bond acceptors (Lipinski definition) is 6. The third kappa shape index (κ3) is 3.91. The second-order valence-electron chi connectivity index (χ2n) is 8.15. The topological polar surface area (TPSA) is 125 Å². The zero-order chi connectivity index (χ0) is 22.5. The molecule has 1 atom stereocenters. The van der Waals surface area contributed by atoms with Crippen molar-refractivity contribution < 1.29 is 21.6 Å². The Kier molecular flexibility index (Phi) is 5.06. The van der Waals surface area contributed by atoms with Gasteiger partial charge in [-0.1, -0.05) is 18.2 Å². The van der Waals surface area contributed by atoms with Crippen LogP contribution in [0.1, 0.15) is 31.2 Å². The fraction of sp³-hybridized carbons (Fsp3) is 0.333. The van der Waals surface area contributed by atoms with E-state index in [-0.39, 0.29) is 27.6 Å². The summed E-state index contributed by atoms with van der Waals surface area (Å²) < 4.78 is 56.4. The van der Waals surface area contributed by atoms with Gasteiger partial charge in [-0.15, -0.1) is 4.40 Å². The maximum atomic E-state index is 13.1. The summed E-state index contributed by atoms with van der Waals surface area (Å²) in [5.74, 6) is -0.0557. The van der Waals surface area contributed by atoms with Crippen molar-refractivity contribution in [3.05, 3.63) is 54.1 Å². The molecule has 0 radical (unpaired) electrons. The van der Waals surface area contributed by atoms with E-state index < -0.39 is 26.1 Å². The van der Waals surface area contributed by atoms with E-state index in [4.69, 9.17) is 0 Å². The van der Waals surface area contributed by atoms with Crippen LogP contribution in [-0.4, -0.2) is 52.1 Å². The molecule has 2 aliphatic heterocycles. The maximum Gasteiger partial charge on any atom is 0.285 e. The van der Waals surface area contributed by atoms with Crippen molar-refractivity contribution in [1.29, 1.82) is 0 Å². The summed E-state index contributed by atoms with van der Waals surface area (Å²) in [7, 11) is -7.43. The predicted octanol–water partition coefficient (Wildman–Crippen LogP) is 1.68. The highest BCUT2D eigenvalue weighted by molar-refractivity contribution is 7.90. The molecular formula is C21H22N4O5S2. The first-order chi connectivity index (χ1) is 15.2. The molecule has 1 saturated carbocycles. The lowest BCUT2D eigenvalue weighted by Crippen LogP contribution is -2.43. The lowest BCUT2D eigenvalue weighted by atomic mass is 10.1. The summed E-state index contributed by atoms with van der Waals surface area (Å²) in [6.07, 6.45) is 2.90. The van der Waals surface area contributed by atoms with Crippen LogP contribution >= 0.6 is 0 Å². The second kappa shape index (κ2) is 7.68. The van der Waals surface area contributed by atoms with Crippen LogP contribution in [0.5, 0.6) is 0 Å². The van der Waals surface area contributed by atoms with Gasteiger partial charge in [0.15, 0.2) is 5.84 Å². The Morgan fingerprint density at radius 3 is 2.62 bits per heavy atom. The van der Waals surface area contributed by atoms with Crippen LogP contribution in [0.2, 0.25) is 0 Å². The van der Waals surface area contributed by atoms with Gasteiger partial charge in [-0.25, -0.2) is 13.1 Å². The predicted molar refractivity (Wildman–Crippen MR) is 118 cm³/mol. The van der Waals surface area contributed by atoms with Gasteiger partial charge >= 0.3 is 0 Å². The van der Waals surface area contributed by atoms with Gasteiger partial charge < -0.3 is 10.2 Å². The van der Waals surface area contributed by atoms with Crippen molar-refractivity contribution in [1.82, 2.24) is 9.62 Å². The molecule has 2 fully saturated rings. The minimum Gasteiger partial charge on any atom is -0.343 e. The maximum absolute atomic E-state index is 13.1. The number of rotatable bonds is 5.